The fraction of sp³-hybridized carbons (Fsp3) is 0.200. The van der Waals surface area contributed by atoms with Gasteiger partial charge in [0.1, 0.15) is 0 Å². The maximum absolute atomic E-state index is 3.58. The average molecular weight is 320 g/mol. The lowest BCUT2D eigenvalue weighted by atomic mass is 10.2. The molecule has 1 heterocycles. The highest BCUT2D eigenvalue weighted by Gasteiger charge is 2.04. The van der Waals surface area contributed by atoms with Crippen molar-refractivity contribution in [1.82, 2.24) is 0 Å². The van der Waals surface area contributed by atoms with Gasteiger partial charge in [-0.2, -0.15) is 0 Å². The van der Waals surface area contributed by atoms with Gasteiger partial charge in [0.25, 0.3) is 0 Å². The fourth-order valence-electron chi connectivity index (χ4n) is 1.34. The predicted octanol–water partition coefficient (Wildman–Crippen LogP) is 4.87. The number of benzene rings is 1. The number of hydrogen-bond donors (Lipinski definition) is 0. The molecule has 0 aliphatic rings. The number of aryl methyl sites for hydroxylation is 1. The molecule has 1 aromatic carbocycles. The molecule has 0 atom stereocenters. The monoisotopic (exact) mass is 318 g/mol. The zero-order chi connectivity index (χ0) is 9.42. The number of rotatable bonds is 1. The van der Waals surface area contributed by atoms with E-state index in [1.807, 2.05) is 11.3 Å². The van der Waals surface area contributed by atoms with Gasteiger partial charge in [-0.1, -0.05) is 31.9 Å². The molecule has 0 aliphatic heterocycles. The Hall–Kier alpha value is 0.140. The van der Waals surface area contributed by atoms with E-state index in [1.54, 1.807) is 0 Å². The lowest BCUT2D eigenvalue weighted by Crippen LogP contribution is -1.71. The second-order valence-corrected chi connectivity index (χ2v) is 5.59. The van der Waals surface area contributed by atoms with Crippen molar-refractivity contribution in [2.75, 3.05) is 0 Å². The molecule has 68 valence electrons. The number of thiophene rings is 1. The largest absolute Gasteiger partial charge is 0.139 e. The quantitative estimate of drug-likeness (QED) is 0.658. The van der Waals surface area contributed by atoms with Crippen molar-refractivity contribution in [3.63, 3.8) is 0 Å². The van der Waals surface area contributed by atoms with Gasteiger partial charge >= 0.3 is 0 Å². The standard InChI is InChI=1S/C10H8Br2S/c1-6-2-9(12)8-4-7(5-11)13-10(8)3-6/h2-4H,5H2,1H3. The highest BCUT2D eigenvalue weighted by atomic mass is 79.9. The van der Waals surface area contributed by atoms with E-state index >= 15 is 0 Å². The van der Waals surface area contributed by atoms with Crippen LogP contribution in [0.15, 0.2) is 22.7 Å². The molecule has 0 bridgehead atoms. The topological polar surface area (TPSA) is 0 Å². The van der Waals surface area contributed by atoms with Crippen LogP contribution in [0.25, 0.3) is 10.1 Å². The number of hydrogen-bond acceptors (Lipinski definition) is 1. The van der Waals surface area contributed by atoms with E-state index < -0.39 is 0 Å². The summed E-state index contributed by atoms with van der Waals surface area (Å²) in [4.78, 5) is 1.38. The third-order valence-electron chi connectivity index (χ3n) is 1.91. The summed E-state index contributed by atoms with van der Waals surface area (Å²) in [5, 5.41) is 2.27. The van der Waals surface area contributed by atoms with Gasteiger partial charge in [0.15, 0.2) is 0 Å². The van der Waals surface area contributed by atoms with Gasteiger partial charge in [0.05, 0.1) is 0 Å². The summed E-state index contributed by atoms with van der Waals surface area (Å²) >= 11 is 8.90. The van der Waals surface area contributed by atoms with E-state index in [2.05, 4.69) is 57.0 Å². The Balaban J connectivity index is 2.75. The number of fused-ring (bicyclic) bond motifs is 1. The van der Waals surface area contributed by atoms with Crippen molar-refractivity contribution >= 4 is 53.3 Å². The number of halogens is 2. The molecule has 1 aromatic heterocycles. The first-order valence-electron chi connectivity index (χ1n) is 3.95. The summed E-state index contributed by atoms with van der Waals surface area (Å²) in [5.41, 5.74) is 1.31. The molecule has 13 heavy (non-hydrogen) atoms. The summed E-state index contributed by atoms with van der Waals surface area (Å²) < 4.78 is 2.56. The second kappa shape index (κ2) is 3.71. The van der Waals surface area contributed by atoms with Crippen LogP contribution in [-0.2, 0) is 5.33 Å². The van der Waals surface area contributed by atoms with Gasteiger partial charge in [-0.15, -0.1) is 11.3 Å². The molecule has 0 radical (unpaired) electrons. The summed E-state index contributed by atoms with van der Waals surface area (Å²) in [6.07, 6.45) is 0. The van der Waals surface area contributed by atoms with Crippen LogP contribution in [0.4, 0.5) is 0 Å². The first-order chi connectivity index (χ1) is 6.20. The molecule has 0 nitrogen and oxygen atoms in total. The molecule has 0 unspecified atom stereocenters. The molecule has 2 aromatic rings. The van der Waals surface area contributed by atoms with Crippen LogP contribution in [0.3, 0.4) is 0 Å². The summed E-state index contributed by atoms with van der Waals surface area (Å²) in [7, 11) is 0. The van der Waals surface area contributed by atoms with E-state index in [9.17, 15) is 0 Å². The molecule has 0 saturated carbocycles. The van der Waals surface area contributed by atoms with Gasteiger partial charge in [0, 0.05) is 24.8 Å². The third-order valence-corrected chi connectivity index (χ3v) is 4.63. The van der Waals surface area contributed by atoms with Crippen LogP contribution >= 0.6 is 43.2 Å². The summed E-state index contributed by atoms with van der Waals surface area (Å²) in [5.74, 6) is 0. The minimum absolute atomic E-state index is 0.942. The first kappa shape index (κ1) is 9.69. The minimum atomic E-state index is 0.942. The molecule has 0 aliphatic carbocycles. The third kappa shape index (κ3) is 1.83. The van der Waals surface area contributed by atoms with Crippen LogP contribution in [0.5, 0.6) is 0 Å². The molecule has 0 fully saturated rings. The summed E-state index contributed by atoms with van der Waals surface area (Å²) in [6.45, 7) is 2.12. The zero-order valence-corrected chi connectivity index (χ0v) is 11.1. The highest BCUT2D eigenvalue weighted by molar-refractivity contribution is 9.10. The zero-order valence-electron chi connectivity index (χ0n) is 7.10. The molecule has 2 rings (SSSR count). The van der Waals surface area contributed by atoms with Crippen molar-refractivity contribution in [2.24, 2.45) is 0 Å². The smallest absolute Gasteiger partial charge is 0.0377 e. The Morgan fingerprint density at radius 1 is 1.31 bits per heavy atom. The molecule has 0 saturated heterocycles. The predicted molar refractivity (Wildman–Crippen MR) is 66.9 cm³/mol. The van der Waals surface area contributed by atoms with Gasteiger partial charge < -0.3 is 0 Å². The van der Waals surface area contributed by atoms with Crippen LogP contribution in [0.1, 0.15) is 10.4 Å². The van der Waals surface area contributed by atoms with E-state index in [4.69, 9.17) is 0 Å². The molecule has 0 spiro atoms. The lowest BCUT2D eigenvalue weighted by molar-refractivity contribution is 1.50. The van der Waals surface area contributed by atoms with Gasteiger partial charge in [-0.05, 0) is 30.7 Å². The van der Waals surface area contributed by atoms with Crippen LogP contribution in [0, 0.1) is 6.92 Å². The molecule has 0 N–H and O–H groups in total. The molecular formula is C10H8Br2S. The molecule has 0 amide bonds. The van der Waals surface area contributed by atoms with Gasteiger partial charge in [0.2, 0.25) is 0 Å². The maximum Gasteiger partial charge on any atom is 0.0377 e. The van der Waals surface area contributed by atoms with Crippen molar-refractivity contribution in [2.45, 2.75) is 12.3 Å². The minimum Gasteiger partial charge on any atom is -0.139 e. The second-order valence-electron chi connectivity index (χ2n) is 3.00. The Labute approximate surface area is 98.2 Å². The van der Waals surface area contributed by atoms with Gasteiger partial charge in [-0.3, -0.25) is 0 Å². The van der Waals surface area contributed by atoms with Crippen molar-refractivity contribution in [3.8, 4) is 0 Å². The van der Waals surface area contributed by atoms with Crippen molar-refractivity contribution in [3.05, 3.63) is 33.1 Å². The highest BCUT2D eigenvalue weighted by Crippen LogP contribution is 2.33. The van der Waals surface area contributed by atoms with Crippen LogP contribution < -0.4 is 0 Å². The molecular weight excluding hydrogens is 312 g/mol. The summed E-state index contributed by atoms with van der Waals surface area (Å²) in [6, 6.07) is 6.63. The number of alkyl halides is 1. The Bertz CT molecular complexity index is 445. The van der Waals surface area contributed by atoms with Crippen molar-refractivity contribution in [1.29, 1.82) is 0 Å². The Morgan fingerprint density at radius 3 is 2.77 bits per heavy atom. The first-order valence-corrected chi connectivity index (χ1v) is 6.68. The van der Waals surface area contributed by atoms with Crippen molar-refractivity contribution < 1.29 is 0 Å². The van der Waals surface area contributed by atoms with Crippen LogP contribution in [0.2, 0.25) is 0 Å². The van der Waals surface area contributed by atoms with E-state index in [-0.39, 0.29) is 0 Å². The van der Waals surface area contributed by atoms with E-state index in [0.717, 1.165) is 5.33 Å². The fourth-order valence-corrected chi connectivity index (χ4v) is 3.71. The SMILES string of the molecule is Cc1cc(Br)c2cc(CBr)sc2c1. The Kier molecular flexibility index (Phi) is 2.77. The average Bonchev–Trinajstić information content (AvgIpc) is 2.47. The Morgan fingerprint density at radius 2 is 2.08 bits per heavy atom. The van der Waals surface area contributed by atoms with E-state index in [0.29, 0.717) is 0 Å². The molecule has 3 heteroatoms. The maximum atomic E-state index is 3.58. The van der Waals surface area contributed by atoms with E-state index in [1.165, 1.54) is 25.0 Å². The lowest BCUT2D eigenvalue weighted by Gasteiger charge is -1.95. The van der Waals surface area contributed by atoms with Crippen LogP contribution in [-0.4, -0.2) is 0 Å². The normalized spacial score (nSPS) is 11.0. The van der Waals surface area contributed by atoms with Gasteiger partial charge in [-0.25, -0.2) is 0 Å².